The lowest BCUT2D eigenvalue weighted by molar-refractivity contribution is -0.133. The number of aryl methyl sites for hydroxylation is 1. The van der Waals surface area contributed by atoms with Crippen molar-refractivity contribution >= 4 is 12.0 Å². The molecule has 3 aromatic carbocycles. The van der Waals surface area contributed by atoms with Crippen LogP contribution in [0.1, 0.15) is 34.2 Å². The predicted octanol–water partition coefficient (Wildman–Crippen LogP) is 4.93. The van der Waals surface area contributed by atoms with Crippen LogP contribution in [-0.4, -0.2) is 41.5 Å². The monoisotopic (exact) mass is 440 g/mol. The Labute approximate surface area is 194 Å². The molecule has 2 heterocycles. The van der Waals surface area contributed by atoms with Gasteiger partial charge in [-0.2, -0.15) is 0 Å². The molecule has 3 unspecified atom stereocenters. The first kappa shape index (κ1) is 21.4. The molecule has 0 saturated carbocycles. The summed E-state index contributed by atoms with van der Waals surface area (Å²) in [5.74, 6) is -0.438. The van der Waals surface area contributed by atoms with Crippen molar-refractivity contribution in [2.45, 2.75) is 25.4 Å². The van der Waals surface area contributed by atoms with Gasteiger partial charge in [-0.1, -0.05) is 90.5 Å². The summed E-state index contributed by atoms with van der Waals surface area (Å²) in [5.41, 5.74) is 4.45. The van der Waals surface area contributed by atoms with Gasteiger partial charge in [0.15, 0.2) is 0 Å². The van der Waals surface area contributed by atoms with Crippen LogP contribution in [0.15, 0.2) is 84.9 Å². The number of cyclic esters (lactones) is 1. The van der Waals surface area contributed by atoms with Crippen LogP contribution in [0.4, 0.5) is 4.79 Å². The van der Waals surface area contributed by atoms with Gasteiger partial charge in [0.2, 0.25) is 5.91 Å². The van der Waals surface area contributed by atoms with Gasteiger partial charge in [-0.25, -0.2) is 9.69 Å². The molecule has 3 atom stereocenters. The van der Waals surface area contributed by atoms with Crippen molar-refractivity contribution in [1.82, 2.24) is 9.80 Å². The largest absolute Gasteiger partial charge is 0.446 e. The second-order valence-electron chi connectivity index (χ2n) is 9.02. The molecule has 168 valence electrons. The fourth-order valence-electron chi connectivity index (χ4n) is 5.11. The Morgan fingerprint density at radius 2 is 1.61 bits per heavy atom. The van der Waals surface area contributed by atoms with Gasteiger partial charge in [0.25, 0.3) is 0 Å². The van der Waals surface area contributed by atoms with E-state index in [1.807, 2.05) is 54.6 Å². The van der Waals surface area contributed by atoms with E-state index in [4.69, 9.17) is 4.74 Å². The topological polar surface area (TPSA) is 49.9 Å². The van der Waals surface area contributed by atoms with E-state index < -0.39 is 6.09 Å². The Balaban J connectivity index is 1.45. The summed E-state index contributed by atoms with van der Waals surface area (Å²) < 4.78 is 5.35. The highest BCUT2D eigenvalue weighted by atomic mass is 16.6. The van der Waals surface area contributed by atoms with Crippen LogP contribution < -0.4 is 0 Å². The molecular weight excluding hydrogens is 412 g/mol. The summed E-state index contributed by atoms with van der Waals surface area (Å²) in [6.07, 6.45) is -0.543. The summed E-state index contributed by atoms with van der Waals surface area (Å²) in [7, 11) is 0. The number of carbonyl (C=O) groups excluding carboxylic acids is 2. The molecule has 5 nitrogen and oxygen atoms in total. The van der Waals surface area contributed by atoms with Gasteiger partial charge in [0.1, 0.15) is 12.6 Å². The minimum Gasteiger partial charge on any atom is -0.446 e. The molecule has 5 heteroatoms. The van der Waals surface area contributed by atoms with Crippen molar-refractivity contribution in [2.24, 2.45) is 5.92 Å². The predicted molar refractivity (Wildman–Crippen MR) is 127 cm³/mol. The maximum Gasteiger partial charge on any atom is 0.417 e. The fraction of sp³-hybridized carbons (Fsp3) is 0.286. The summed E-state index contributed by atoms with van der Waals surface area (Å²) in [6.45, 7) is 4.43. The Morgan fingerprint density at radius 1 is 0.909 bits per heavy atom. The van der Waals surface area contributed by atoms with E-state index in [0.717, 1.165) is 24.2 Å². The minimum absolute atomic E-state index is 0.0194. The van der Waals surface area contributed by atoms with E-state index >= 15 is 0 Å². The van der Waals surface area contributed by atoms with Gasteiger partial charge in [-0.05, 0) is 23.6 Å². The number of likely N-dealkylation sites (tertiary alicyclic amines) is 1. The average Bonchev–Trinajstić information content (AvgIpc) is 3.44. The quantitative estimate of drug-likeness (QED) is 0.564. The number of amides is 2. The van der Waals surface area contributed by atoms with E-state index in [1.54, 1.807) is 0 Å². The first-order valence-electron chi connectivity index (χ1n) is 11.5. The number of hydrogen-bond donors (Lipinski definition) is 0. The first-order valence-corrected chi connectivity index (χ1v) is 11.5. The lowest BCUT2D eigenvalue weighted by Gasteiger charge is -2.26. The van der Waals surface area contributed by atoms with Crippen LogP contribution in [0, 0.1) is 12.8 Å². The Morgan fingerprint density at radius 3 is 2.33 bits per heavy atom. The number of benzene rings is 3. The molecular formula is C28H28N2O3. The van der Waals surface area contributed by atoms with Crippen molar-refractivity contribution < 1.29 is 14.3 Å². The Bertz CT molecular complexity index is 1130. The molecule has 0 spiro atoms. The van der Waals surface area contributed by atoms with E-state index in [-0.39, 0.29) is 30.4 Å². The highest BCUT2D eigenvalue weighted by Gasteiger charge is 2.47. The van der Waals surface area contributed by atoms with Gasteiger partial charge in [0.05, 0.1) is 5.92 Å². The number of hydrogen-bond acceptors (Lipinski definition) is 4. The maximum absolute atomic E-state index is 13.9. The van der Waals surface area contributed by atoms with E-state index in [0.29, 0.717) is 6.54 Å². The van der Waals surface area contributed by atoms with Crippen molar-refractivity contribution in [1.29, 1.82) is 0 Å². The van der Waals surface area contributed by atoms with Gasteiger partial charge in [-0.15, -0.1) is 0 Å². The fourth-order valence-corrected chi connectivity index (χ4v) is 5.11. The Hall–Kier alpha value is -3.44. The smallest absolute Gasteiger partial charge is 0.417 e. The molecule has 2 aliphatic rings. The lowest BCUT2D eigenvalue weighted by atomic mass is 9.87. The van der Waals surface area contributed by atoms with Gasteiger partial charge in [0, 0.05) is 25.6 Å². The van der Waals surface area contributed by atoms with E-state index in [2.05, 4.69) is 42.2 Å². The molecule has 0 aromatic heterocycles. The molecule has 5 rings (SSSR count). The zero-order valence-electron chi connectivity index (χ0n) is 18.8. The van der Waals surface area contributed by atoms with Gasteiger partial charge < -0.3 is 4.74 Å². The summed E-state index contributed by atoms with van der Waals surface area (Å²) in [4.78, 5) is 30.3. The van der Waals surface area contributed by atoms with Crippen LogP contribution in [0.25, 0.3) is 0 Å². The molecule has 0 radical (unpaired) electrons. The third kappa shape index (κ3) is 4.41. The van der Waals surface area contributed by atoms with Crippen molar-refractivity contribution in [3.05, 3.63) is 107 Å². The molecule has 2 saturated heterocycles. The second-order valence-corrected chi connectivity index (χ2v) is 9.02. The molecule has 2 fully saturated rings. The minimum atomic E-state index is -0.543. The second kappa shape index (κ2) is 9.20. The number of carbonyl (C=O) groups is 2. The highest BCUT2D eigenvalue weighted by Crippen LogP contribution is 2.38. The summed E-state index contributed by atoms with van der Waals surface area (Å²) >= 11 is 0. The molecule has 0 N–H and O–H groups in total. The number of rotatable bonds is 5. The van der Waals surface area contributed by atoms with Crippen LogP contribution in [0.3, 0.4) is 0 Å². The summed E-state index contributed by atoms with van der Waals surface area (Å²) in [5, 5.41) is 0. The van der Waals surface area contributed by atoms with Crippen LogP contribution in [0.5, 0.6) is 0 Å². The van der Waals surface area contributed by atoms with Crippen molar-refractivity contribution in [3.8, 4) is 0 Å². The van der Waals surface area contributed by atoms with Crippen molar-refractivity contribution in [2.75, 3.05) is 19.7 Å². The third-order valence-corrected chi connectivity index (χ3v) is 6.73. The first-order chi connectivity index (χ1) is 16.1. The van der Waals surface area contributed by atoms with E-state index in [1.165, 1.54) is 16.0 Å². The van der Waals surface area contributed by atoms with Crippen LogP contribution >= 0.6 is 0 Å². The number of nitrogens with zero attached hydrogens (tertiary/aromatic N) is 2. The standard InChI is InChI=1S/C28H28N2O3/c1-20-9-8-14-23(15-20)24-17-29(16-21-10-4-2-5-11-21)18-25(24)27(31)30-26(19-33-28(30)32)22-12-6-3-7-13-22/h2-15,24-26H,16-19H2,1H3. The van der Waals surface area contributed by atoms with Crippen LogP contribution in [0.2, 0.25) is 0 Å². The zero-order chi connectivity index (χ0) is 22.8. The van der Waals surface area contributed by atoms with Gasteiger partial charge >= 0.3 is 6.09 Å². The number of imide groups is 1. The summed E-state index contributed by atoms with van der Waals surface area (Å²) in [6, 6.07) is 28.0. The molecule has 0 aliphatic carbocycles. The molecule has 3 aromatic rings. The third-order valence-electron chi connectivity index (χ3n) is 6.73. The van der Waals surface area contributed by atoms with Gasteiger partial charge in [-0.3, -0.25) is 9.69 Å². The van der Waals surface area contributed by atoms with E-state index in [9.17, 15) is 9.59 Å². The highest BCUT2D eigenvalue weighted by molar-refractivity contribution is 5.95. The SMILES string of the molecule is Cc1cccc(C2CN(Cc3ccccc3)CC2C(=O)N2C(=O)OCC2c2ccccc2)c1. The number of ether oxygens (including phenoxy) is 1. The van der Waals surface area contributed by atoms with Crippen molar-refractivity contribution in [3.63, 3.8) is 0 Å². The zero-order valence-corrected chi connectivity index (χ0v) is 18.8. The average molecular weight is 441 g/mol. The Kier molecular flexibility index (Phi) is 5.97. The molecule has 2 amide bonds. The molecule has 33 heavy (non-hydrogen) atoms. The van der Waals surface area contributed by atoms with Crippen LogP contribution in [-0.2, 0) is 16.1 Å². The lowest BCUT2D eigenvalue weighted by Crippen LogP contribution is -2.41. The molecule has 0 bridgehead atoms. The molecule has 2 aliphatic heterocycles. The normalized spacial score (nSPS) is 23.0. The maximum atomic E-state index is 13.9.